The number of aromatic nitrogens is 2. The van der Waals surface area contributed by atoms with Crippen molar-refractivity contribution in [3.8, 4) is 0 Å². The van der Waals surface area contributed by atoms with E-state index in [1.807, 2.05) is 11.6 Å². The second-order valence-corrected chi connectivity index (χ2v) is 5.18. The second kappa shape index (κ2) is 5.82. The molecular weight excluding hydrogens is 228 g/mol. The summed E-state index contributed by atoms with van der Waals surface area (Å²) in [6.07, 6.45) is -0.347. The lowest BCUT2D eigenvalue weighted by atomic mass is 10.2. The molecule has 5 nitrogen and oxygen atoms in total. The smallest absolute Gasteiger partial charge is 0.0862 e. The van der Waals surface area contributed by atoms with Crippen LogP contribution in [-0.2, 0) is 6.54 Å². The molecule has 2 rings (SSSR count). The Bertz CT molecular complexity index is 396. The van der Waals surface area contributed by atoms with Crippen LogP contribution >= 0.6 is 0 Å². The quantitative estimate of drug-likeness (QED) is 0.796. The highest BCUT2D eigenvalue weighted by Gasteiger charge is 2.16. The van der Waals surface area contributed by atoms with Crippen molar-refractivity contribution >= 4 is 0 Å². The molecule has 0 bridgehead atoms. The molecule has 1 aliphatic heterocycles. The molecule has 0 spiro atoms. The SMILES string of the molecule is Cc1nn(CC(O)CN2CCNCC2)c(C)c1C. The van der Waals surface area contributed by atoms with E-state index in [2.05, 4.69) is 29.2 Å². The van der Waals surface area contributed by atoms with Gasteiger partial charge in [0.15, 0.2) is 0 Å². The zero-order chi connectivity index (χ0) is 13.1. The number of nitrogens with zero attached hydrogens (tertiary/aromatic N) is 3. The number of piperazine rings is 1. The fourth-order valence-corrected chi connectivity index (χ4v) is 2.41. The van der Waals surface area contributed by atoms with E-state index < -0.39 is 0 Å². The van der Waals surface area contributed by atoms with Crippen LogP contribution in [0.3, 0.4) is 0 Å². The van der Waals surface area contributed by atoms with Gasteiger partial charge in [-0.15, -0.1) is 0 Å². The van der Waals surface area contributed by atoms with Gasteiger partial charge in [-0.1, -0.05) is 0 Å². The Balaban J connectivity index is 1.89. The van der Waals surface area contributed by atoms with Crippen LogP contribution in [0, 0.1) is 20.8 Å². The van der Waals surface area contributed by atoms with E-state index in [1.165, 1.54) is 5.56 Å². The van der Waals surface area contributed by atoms with Gasteiger partial charge in [-0.3, -0.25) is 9.58 Å². The van der Waals surface area contributed by atoms with Gasteiger partial charge in [-0.05, 0) is 26.3 Å². The first kappa shape index (κ1) is 13.5. The van der Waals surface area contributed by atoms with E-state index in [4.69, 9.17) is 0 Å². The number of rotatable bonds is 4. The highest BCUT2D eigenvalue weighted by molar-refractivity contribution is 5.22. The molecule has 5 heteroatoms. The van der Waals surface area contributed by atoms with E-state index in [0.717, 1.165) is 44.1 Å². The van der Waals surface area contributed by atoms with Crippen LogP contribution in [0.5, 0.6) is 0 Å². The normalized spacial score (nSPS) is 19.1. The molecule has 18 heavy (non-hydrogen) atoms. The molecule has 2 N–H and O–H groups in total. The number of β-amino-alcohol motifs (C(OH)–C–C–N with tert-alkyl or cyclic N) is 1. The third-order valence-corrected chi connectivity index (χ3v) is 3.81. The number of hydrogen-bond donors (Lipinski definition) is 2. The van der Waals surface area contributed by atoms with Crippen LogP contribution in [0.25, 0.3) is 0 Å². The zero-order valence-electron chi connectivity index (χ0n) is 11.6. The Kier molecular flexibility index (Phi) is 4.37. The highest BCUT2D eigenvalue weighted by atomic mass is 16.3. The van der Waals surface area contributed by atoms with Crippen LogP contribution in [0.15, 0.2) is 0 Å². The minimum atomic E-state index is -0.347. The van der Waals surface area contributed by atoms with Crippen molar-refractivity contribution < 1.29 is 5.11 Å². The molecular formula is C13H24N4O. The number of aliphatic hydroxyl groups is 1. The average Bonchev–Trinajstić information content (AvgIpc) is 2.58. The van der Waals surface area contributed by atoms with E-state index >= 15 is 0 Å². The molecule has 1 unspecified atom stereocenters. The predicted octanol–water partition coefficient (Wildman–Crippen LogP) is 0.0745. The standard InChI is InChI=1S/C13H24N4O/c1-10-11(2)15-17(12(10)3)9-13(18)8-16-6-4-14-5-7-16/h13-14,18H,4-9H2,1-3H3. The van der Waals surface area contributed by atoms with Gasteiger partial charge < -0.3 is 10.4 Å². The molecule has 1 aromatic rings. The van der Waals surface area contributed by atoms with Crippen molar-refractivity contribution in [2.45, 2.75) is 33.4 Å². The van der Waals surface area contributed by atoms with Crippen molar-refractivity contribution in [2.24, 2.45) is 0 Å². The minimum Gasteiger partial charge on any atom is -0.390 e. The molecule has 1 atom stereocenters. The van der Waals surface area contributed by atoms with Gasteiger partial charge in [0.2, 0.25) is 0 Å². The first-order valence-corrected chi connectivity index (χ1v) is 6.69. The zero-order valence-corrected chi connectivity index (χ0v) is 11.6. The molecule has 1 fully saturated rings. The van der Waals surface area contributed by atoms with Gasteiger partial charge in [0.25, 0.3) is 0 Å². The van der Waals surface area contributed by atoms with Gasteiger partial charge in [0.1, 0.15) is 0 Å². The Morgan fingerprint density at radius 2 is 1.89 bits per heavy atom. The third-order valence-electron chi connectivity index (χ3n) is 3.81. The van der Waals surface area contributed by atoms with E-state index in [1.54, 1.807) is 0 Å². The van der Waals surface area contributed by atoms with Gasteiger partial charge in [-0.25, -0.2) is 0 Å². The van der Waals surface area contributed by atoms with E-state index in [9.17, 15) is 5.11 Å². The fourth-order valence-electron chi connectivity index (χ4n) is 2.41. The lowest BCUT2D eigenvalue weighted by Crippen LogP contribution is -2.47. The van der Waals surface area contributed by atoms with E-state index in [0.29, 0.717) is 6.54 Å². The van der Waals surface area contributed by atoms with Crippen molar-refractivity contribution in [1.82, 2.24) is 20.0 Å². The Labute approximate surface area is 109 Å². The summed E-state index contributed by atoms with van der Waals surface area (Å²) < 4.78 is 1.93. The minimum absolute atomic E-state index is 0.347. The highest BCUT2D eigenvalue weighted by Crippen LogP contribution is 2.11. The van der Waals surface area contributed by atoms with Crippen molar-refractivity contribution in [3.63, 3.8) is 0 Å². The third kappa shape index (κ3) is 3.10. The van der Waals surface area contributed by atoms with Crippen molar-refractivity contribution in [1.29, 1.82) is 0 Å². The molecule has 0 aliphatic carbocycles. The summed E-state index contributed by atoms with van der Waals surface area (Å²) >= 11 is 0. The first-order chi connectivity index (χ1) is 8.58. The molecule has 1 aliphatic rings. The first-order valence-electron chi connectivity index (χ1n) is 6.69. The number of aryl methyl sites for hydroxylation is 1. The number of nitrogens with one attached hydrogen (secondary N) is 1. The monoisotopic (exact) mass is 252 g/mol. The molecule has 0 radical (unpaired) electrons. The lowest BCUT2D eigenvalue weighted by Gasteiger charge is -2.29. The van der Waals surface area contributed by atoms with Crippen molar-refractivity contribution in [3.05, 3.63) is 17.0 Å². The Hall–Kier alpha value is -0.910. The van der Waals surface area contributed by atoms with Crippen molar-refractivity contribution in [2.75, 3.05) is 32.7 Å². The summed E-state index contributed by atoms with van der Waals surface area (Å²) in [4.78, 5) is 2.31. The van der Waals surface area contributed by atoms with Crippen LogP contribution in [0.2, 0.25) is 0 Å². The number of hydrogen-bond acceptors (Lipinski definition) is 4. The Morgan fingerprint density at radius 3 is 2.44 bits per heavy atom. The van der Waals surface area contributed by atoms with Crippen LogP contribution in [-0.4, -0.2) is 58.6 Å². The van der Waals surface area contributed by atoms with Crippen LogP contribution in [0.1, 0.15) is 17.0 Å². The van der Waals surface area contributed by atoms with Crippen LogP contribution in [0.4, 0.5) is 0 Å². The lowest BCUT2D eigenvalue weighted by molar-refractivity contribution is 0.0883. The molecule has 2 heterocycles. The summed E-state index contributed by atoms with van der Waals surface area (Å²) in [5, 5.41) is 17.9. The second-order valence-electron chi connectivity index (χ2n) is 5.18. The summed E-state index contributed by atoms with van der Waals surface area (Å²) in [5.41, 5.74) is 3.44. The van der Waals surface area contributed by atoms with Gasteiger partial charge in [-0.2, -0.15) is 5.10 Å². The maximum atomic E-state index is 10.2. The fraction of sp³-hybridized carbons (Fsp3) is 0.769. The summed E-state index contributed by atoms with van der Waals surface area (Å²) in [7, 11) is 0. The van der Waals surface area contributed by atoms with E-state index in [-0.39, 0.29) is 6.10 Å². The van der Waals surface area contributed by atoms with Gasteiger partial charge >= 0.3 is 0 Å². The topological polar surface area (TPSA) is 53.3 Å². The van der Waals surface area contributed by atoms with Gasteiger partial charge in [0.05, 0.1) is 18.3 Å². The molecule has 102 valence electrons. The number of aliphatic hydroxyl groups excluding tert-OH is 1. The predicted molar refractivity (Wildman–Crippen MR) is 71.8 cm³/mol. The maximum absolute atomic E-state index is 10.2. The van der Waals surface area contributed by atoms with Crippen LogP contribution < -0.4 is 5.32 Å². The maximum Gasteiger partial charge on any atom is 0.0862 e. The molecule has 0 saturated carbocycles. The van der Waals surface area contributed by atoms with Gasteiger partial charge in [0, 0.05) is 38.4 Å². The molecule has 1 saturated heterocycles. The summed E-state index contributed by atoms with van der Waals surface area (Å²) in [6.45, 7) is 11.6. The summed E-state index contributed by atoms with van der Waals surface area (Å²) in [6, 6.07) is 0. The largest absolute Gasteiger partial charge is 0.390 e. The molecule has 1 aromatic heterocycles. The molecule has 0 aromatic carbocycles. The summed E-state index contributed by atoms with van der Waals surface area (Å²) in [5.74, 6) is 0. The molecule has 0 amide bonds. The average molecular weight is 252 g/mol. The Morgan fingerprint density at radius 1 is 1.22 bits per heavy atom.